The zero-order valence-electron chi connectivity index (χ0n) is 55.7. The van der Waals surface area contributed by atoms with Gasteiger partial charge in [0.25, 0.3) is 0 Å². The first-order valence-electron chi connectivity index (χ1n) is 31.0. The summed E-state index contributed by atoms with van der Waals surface area (Å²) in [6.45, 7) is 0. The molecular weight excluding hydrogens is 755 g/mol. The van der Waals surface area contributed by atoms with Gasteiger partial charge in [0.15, 0.2) is 5.82 Å². The molecular formula is C57H37N5. The molecule has 12 aromatic rings. The predicted molar refractivity (Wildman–Crippen MR) is 256 cm³/mol. The van der Waals surface area contributed by atoms with Gasteiger partial charge in [-0.2, -0.15) is 15.0 Å². The Hall–Kier alpha value is -8.41. The molecule has 0 aliphatic rings. The van der Waals surface area contributed by atoms with E-state index in [1.165, 1.54) is 0 Å². The van der Waals surface area contributed by atoms with Crippen molar-refractivity contribution < 1.29 is 32.9 Å². The van der Waals surface area contributed by atoms with Crippen molar-refractivity contribution in [2.45, 2.75) is 0 Å². The normalized spacial score (nSPS) is 17.0. The number of para-hydroxylation sites is 2. The number of rotatable bonds is 7. The van der Waals surface area contributed by atoms with E-state index in [1.54, 1.807) is 24.3 Å². The maximum absolute atomic E-state index is 9.97. The van der Waals surface area contributed by atoms with E-state index in [1.807, 2.05) is 54.6 Å². The van der Waals surface area contributed by atoms with Crippen LogP contribution in [0.25, 0.3) is 111 Å². The maximum atomic E-state index is 9.97. The molecule has 0 unspecified atom stereocenters. The van der Waals surface area contributed by atoms with Gasteiger partial charge in [-0.25, -0.2) is 0 Å². The van der Waals surface area contributed by atoms with Crippen LogP contribution in [0.5, 0.6) is 0 Å². The van der Waals surface area contributed by atoms with Gasteiger partial charge in [0.05, 0.1) is 55.0 Å². The van der Waals surface area contributed by atoms with Gasteiger partial charge in [-0.15, -0.1) is 0 Å². The van der Waals surface area contributed by atoms with Crippen LogP contribution in [-0.4, -0.2) is 24.1 Å². The van der Waals surface area contributed by atoms with Gasteiger partial charge >= 0.3 is 0 Å². The summed E-state index contributed by atoms with van der Waals surface area (Å²) in [6, 6.07) is 3.82. The average molecular weight is 816 g/mol. The number of hydrogen-bond donors (Lipinski definition) is 0. The Bertz CT molecular complexity index is 4740. The van der Waals surface area contributed by atoms with E-state index >= 15 is 0 Å². The standard InChI is InChI=1S/C57H37N5/c1-4-15-38(16-5-1)41-27-29-42(30-28-41)43-21-14-22-46(35-43)55-58-56(61-51-25-12-10-23-47(51)49-33-31-44(36-53(49)61)39-17-6-2-7-18-39)60-57(59-55)62-52-26-13-11-24-48(52)50-34-32-45(37-54(50)62)40-19-8-3-9-20-40/h1-37H/i2D,3D,6D,7D,8D,9D,10D,11D,12D,13D,17D,18D,19D,20D,23D,24D,25D,26D,31D,32D,33D,34D,36D,37D. The Labute approximate surface area is 392 Å². The van der Waals surface area contributed by atoms with Crippen LogP contribution < -0.4 is 0 Å². The van der Waals surface area contributed by atoms with E-state index in [-0.39, 0.29) is 11.4 Å². The summed E-state index contributed by atoms with van der Waals surface area (Å²) in [7, 11) is 0. The quantitative estimate of drug-likeness (QED) is 0.161. The number of aromatic nitrogens is 5. The molecule has 0 fully saturated rings. The van der Waals surface area contributed by atoms with Crippen molar-refractivity contribution in [2.24, 2.45) is 0 Å². The Morgan fingerprint density at radius 3 is 1.29 bits per heavy atom. The molecule has 0 N–H and O–H groups in total. The fourth-order valence-corrected chi connectivity index (χ4v) is 7.43. The molecule has 0 aliphatic carbocycles. The van der Waals surface area contributed by atoms with Crippen LogP contribution in [0.3, 0.4) is 0 Å². The lowest BCUT2D eigenvalue weighted by Gasteiger charge is -2.14. The third kappa shape index (κ3) is 6.06. The highest BCUT2D eigenvalue weighted by atomic mass is 15.3. The second-order valence-electron chi connectivity index (χ2n) is 13.8. The van der Waals surface area contributed by atoms with Crippen molar-refractivity contribution in [3.63, 3.8) is 0 Å². The van der Waals surface area contributed by atoms with Crippen LogP contribution in [0.15, 0.2) is 224 Å². The lowest BCUT2D eigenvalue weighted by atomic mass is 9.99. The minimum absolute atomic E-state index is 0.172. The smallest absolute Gasteiger partial charge is 0.240 e. The first kappa shape index (κ1) is 18.9. The van der Waals surface area contributed by atoms with Gasteiger partial charge in [0.2, 0.25) is 11.9 Å². The van der Waals surface area contributed by atoms with E-state index in [0.29, 0.717) is 11.1 Å². The molecule has 0 saturated carbocycles. The first-order valence-corrected chi connectivity index (χ1v) is 19.0. The van der Waals surface area contributed by atoms with Crippen molar-refractivity contribution in [1.82, 2.24) is 24.1 Å². The molecule has 0 atom stereocenters. The molecule has 5 heteroatoms. The SMILES string of the molecule is [2H]c1c([2H])c([2H])c(-c2c([2H])c([2H])c3c4c([2H])c([2H])c([2H])c([2H])c4n(-c4nc(-c5cccc(-c6ccc(-c7ccccc7)cc6)c5)nc(-n5c6c([2H])c([2H])c([2H])c([2H])c6c6c([2H])c([2H])c(-c7c([2H])c([2H])c([2H])c([2H])c7[2H])c([2H])c65)n4)c3c2[2H])c([2H])c1[2H]. The Kier molecular flexibility index (Phi) is 4.48. The molecule has 0 saturated heterocycles. The van der Waals surface area contributed by atoms with Crippen LogP contribution in [0, 0.1) is 0 Å². The van der Waals surface area contributed by atoms with Gasteiger partial charge in [0, 0.05) is 27.1 Å². The number of nitrogens with zero attached hydrogens (tertiary/aromatic N) is 5. The molecule has 0 spiro atoms. The van der Waals surface area contributed by atoms with Crippen LogP contribution in [0.2, 0.25) is 0 Å². The summed E-state index contributed by atoms with van der Waals surface area (Å²) in [5.41, 5.74) is -1.56. The van der Waals surface area contributed by atoms with Gasteiger partial charge in [-0.05, 0) is 74.7 Å². The van der Waals surface area contributed by atoms with Crippen molar-refractivity contribution in [3.8, 4) is 67.8 Å². The van der Waals surface area contributed by atoms with E-state index < -0.39 is 223 Å². The summed E-state index contributed by atoms with van der Waals surface area (Å²) < 4.78 is 219. The molecule has 3 heterocycles. The minimum atomic E-state index is -0.865. The molecule has 0 aliphatic heterocycles. The fourth-order valence-electron chi connectivity index (χ4n) is 7.43. The van der Waals surface area contributed by atoms with E-state index in [2.05, 4.69) is 0 Å². The van der Waals surface area contributed by atoms with Gasteiger partial charge in [0.1, 0.15) is 0 Å². The lowest BCUT2D eigenvalue weighted by molar-refractivity contribution is 0.893. The largest absolute Gasteiger partial charge is 0.278 e. The monoisotopic (exact) mass is 815 g/mol. The molecule has 290 valence electrons. The molecule has 5 nitrogen and oxygen atoms in total. The molecule has 0 radical (unpaired) electrons. The van der Waals surface area contributed by atoms with E-state index in [9.17, 15) is 13.7 Å². The molecule has 0 bridgehead atoms. The number of benzene rings is 9. The first-order chi connectivity index (χ1) is 40.7. The highest BCUT2D eigenvalue weighted by Gasteiger charge is 2.21. The molecule has 3 aromatic heterocycles. The zero-order chi connectivity index (χ0) is 61.9. The van der Waals surface area contributed by atoms with Crippen LogP contribution in [0.1, 0.15) is 32.9 Å². The highest BCUT2D eigenvalue weighted by Crippen LogP contribution is 2.38. The summed E-state index contributed by atoms with van der Waals surface area (Å²) >= 11 is 0. The van der Waals surface area contributed by atoms with Gasteiger partial charge in [-0.1, -0.05) is 194 Å². The summed E-state index contributed by atoms with van der Waals surface area (Å²) in [6.07, 6.45) is 0. The number of fused-ring (bicyclic) bond motifs is 6. The fraction of sp³-hybridized carbons (Fsp3) is 0. The zero-order valence-corrected chi connectivity index (χ0v) is 31.7. The topological polar surface area (TPSA) is 48.5 Å². The lowest BCUT2D eigenvalue weighted by Crippen LogP contribution is -2.10. The second-order valence-corrected chi connectivity index (χ2v) is 13.8. The predicted octanol–water partition coefficient (Wildman–Crippen LogP) is 14.4. The Morgan fingerprint density at radius 1 is 0.306 bits per heavy atom. The average Bonchev–Trinajstić information content (AvgIpc) is 1.55. The van der Waals surface area contributed by atoms with Crippen molar-refractivity contribution in [2.75, 3.05) is 0 Å². The van der Waals surface area contributed by atoms with Crippen molar-refractivity contribution in [3.05, 3.63) is 224 Å². The summed E-state index contributed by atoms with van der Waals surface area (Å²) in [4.78, 5) is 14.6. The third-order valence-electron chi connectivity index (χ3n) is 10.3. The van der Waals surface area contributed by atoms with Gasteiger partial charge in [-0.3, -0.25) is 9.13 Å². The molecule has 62 heavy (non-hydrogen) atoms. The third-order valence-corrected chi connectivity index (χ3v) is 10.3. The van der Waals surface area contributed by atoms with Crippen LogP contribution in [-0.2, 0) is 0 Å². The maximum Gasteiger partial charge on any atom is 0.240 e. The van der Waals surface area contributed by atoms with Crippen molar-refractivity contribution >= 4 is 43.6 Å². The van der Waals surface area contributed by atoms with Crippen LogP contribution >= 0.6 is 0 Å². The summed E-state index contributed by atoms with van der Waals surface area (Å²) in [5.74, 6) is -1.68. The molecule has 0 amide bonds. The van der Waals surface area contributed by atoms with Crippen LogP contribution in [0.4, 0.5) is 0 Å². The Balaban J connectivity index is 1.28. The molecule has 9 aromatic carbocycles. The minimum Gasteiger partial charge on any atom is -0.278 e. The van der Waals surface area contributed by atoms with E-state index in [4.69, 9.17) is 34.1 Å². The van der Waals surface area contributed by atoms with Crippen molar-refractivity contribution in [1.29, 1.82) is 0 Å². The Morgan fingerprint density at radius 2 is 0.742 bits per heavy atom. The summed E-state index contributed by atoms with van der Waals surface area (Å²) in [5, 5.41) is -1.82. The number of hydrogen-bond acceptors (Lipinski definition) is 3. The molecule has 12 rings (SSSR count). The van der Waals surface area contributed by atoms with E-state index in [0.717, 1.165) is 20.3 Å². The second kappa shape index (κ2) is 14.7. The van der Waals surface area contributed by atoms with Gasteiger partial charge < -0.3 is 0 Å². The highest BCUT2D eigenvalue weighted by molar-refractivity contribution is 6.11.